The zero-order valence-electron chi connectivity index (χ0n) is 17.0. The third-order valence-electron chi connectivity index (χ3n) is 6.11. The maximum absolute atomic E-state index is 14.7. The van der Waals surface area contributed by atoms with Crippen molar-refractivity contribution < 1.29 is 18.3 Å². The first-order valence-electron chi connectivity index (χ1n) is 10.4. The molecule has 0 aliphatic carbocycles. The highest BCUT2D eigenvalue weighted by Gasteiger charge is 2.55. The Morgan fingerprint density at radius 1 is 1.24 bits per heavy atom. The second-order valence-corrected chi connectivity index (χ2v) is 8.76. The maximum atomic E-state index is 14.7. The van der Waals surface area contributed by atoms with Crippen LogP contribution in [0.5, 0.6) is 0 Å². The summed E-state index contributed by atoms with van der Waals surface area (Å²) < 4.78 is 34.9. The van der Waals surface area contributed by atoms with Crippen LogP contribution in [0.4, 0.5) is 8.78 Å². The minimum absolute atomic E-state index is 0.148. The Morgan fingerprint density at radius 2 is 2.10 bits per heavy atom. The van der Waals surface area contributed by atoms with Gasteiger partial charge in [0.05, 0.1) is 37.4 Å². The summed E-state index contributed by atoms with van der Waals surface area (Å²) in [4.78, 5) is 21.4. The molecular weight excluding hydrogens is 376 g/mol. The van der Waals surface area contributed by atoms with Gasteiger partial charge >= 0.3 is 0 Å². The Labute approximate surface area is 170 Å². The Bertz CT molecular complexity index is 798. The van der Waals surface area contributed by atoms with Crippen molar-refractivity contribution in [1.82, 2.24) is 14.8 Å². The molecule has 5 nitrogen and oxygen atoms in total. The molecule has 0 aromatic carbocycles. The molecule has 29 heavy (non-hydrogen) atoms. The van der Waals surface area contributed by atoms with Gasteiger partial charge in [0.25, 0.3) is 5.92 Å². The number of amides is 1. The van der Waals surface area contributed by atoms with E-state index in [4.69, 9.17) is 4.74 Å². The smallest absolute Gasteiger partial charge is 0.261 e. The number of pyridine rings is 1. The highest BCUT2D eigenvalue weighted by Crippen LogP contribution is 2.45. The van der Waals surface area contributed by atoms with Gasteiger partial charge in [-0.3, -0.25) is 14.7 Å². The number of carbonyl (C=O) groups excluding carboxylic acids is 1. The lowest BCUT2D eigenvalue weighted by molar-refractivity contribution is -0.169. The van der Waals surface area contributed by atoms with Crippen molar-refractivity contribution in [3.05, 3.63) is 41.2 Å². The van der Waals surface area contributed by atoms with Crippen LogP contribution in [0.15, 0.2) is 29.8 Å². The molecule has 1 spiro atoms. The van der Waals surface area contributed by atoms with Crippen LogP contribution in [0.1, 0.15) is 37.1 Å². The second-order valence-electron chi connectivity index (χ2n) is 8.76. The minimum atomic E-state index is -2.87. The van der Waals surface area contributed by atoms with Crippen LogP contribution in [0, 0.1) is 12.3 Å². The molecule has 4 heterocycles. The summed E-state index contributed by atoms with van der Waals surface area (Å²) in [5.74, 6) is -3.01. The number of alkyl halides is 2. The summed E-state index contributed by atoms with van der Waals surface area (Å²) in [5.41, 5.74) is 1.72. The molecule has 0 radical (unpaired) electrons. The van der Waals surface area contributed by atoms with E-state index in [1.165, 1.54) is 0 Å². The number of likely N-dealkylation sites (tertiary alicyclic amines) is 2. The highest BCUT2D eigenvalue weighted by atomic mass is 19.3. The van der Waals surface area contributed by atoms with Gasteiger partial charge in [0, 0.05) is 31.7 Å². The maximum Gasteiger partial charge on any atom is 0.261 e. The van der Waals surface area contributed by atoms with Gasteiger partial charge in [0.2, 0.25) is 5.91 Å². The average molecular weight is 405 g/mol. The summed E-state index contributed by atoms with van der Waals surface area (Å²) >= 11 is 0. The molecule has 1 unspecified atom stereocenters. The fourth-order valence-electron chi connectivity index (χ4n) is 5.03. The number of nitrogens with zero attached hydrogens (tertiary/aromatic N) is 3. The zero-order valence-corrected chi connectivity index (χ0v) is 17.0. The number of hydrogen-bond acceptors (Lipinski definition) is 4. The Hall–Kier alpha value is -1.86. The molecule has 3 aliphatic rings. The van der Waals surface area contributed by atoms with Gasteiger partial charge in [0.1, 0.15) is 0 Å². The van der Waals surface area contributed by atoms with Crippen molar-refractivity contribution in [2.45, 2.75) is 45.1 Å². The molecule has 0 bridgehead atoms. The topological polar surface area (TPSA) is 45.7 Å². The third kappa shape index (κ3) is 4.67. The molecule has 158 valence electrons. The largest absolute Gasteiger partial charge is 0.377 e. The molecule has 1 aromatic rings. The standard InChI is InChI=1S/C22H29F2N3O2/c1-17-5-2-7-19(25-17)12-27-9-4-8-21(20(27)28)14-22(23,24)16-26(15-21)11-18-6-3-10-29-13-18/h2,5-7H,3-4,8-16H2,1H3. The molecule has 2 saturated heterocycles. The summed E-state index contributed by atoms with van der Waals surface area (Å²) in [6.07, 6.45) is 3.81. The molecule has 2 fully saturated rings. The van der Waals surface area contributed by atoms with Crippen molar-refractivity contribution in [3.63, 3.8) is 0 Å². The van der Waals surface area contributed by atoms with E-state index in [2.05, 4.69) is 11.1 Å². The van der Waals surface area contributed by atoms with Crippen LogP contribution in [-0.4, -0.2) is 66.0 Å². The van der Waals surface area contributed by atoms with E-state index in [-0.39, 0.29) is 18.9 Å². The lowest BCUT2D eigenvalue weighted by atomic mass is 9.71. The number of hydrogen-bond donors (Lipinski definition) is 0. The fourth-order valence-corrected chi connectivity index (χ4v) is 5.03. The van der Waals surface area contributed by atoms with E-state index in [1.54, 1.807) is 9.80 Å². The van der Waals surface area contributed by atoms with Crippen molar-refractivity contribution in [3.8, 4) is 0 Å². The van der Waals surface area contributed by atoms with Crippen LogP contribution < -0.4 is 0 Å². The van der Waals surface area contributed by atoms with E-state index < -0.39 is 11.3 Å². The van der Waals surface area contributed by atoms with Gasteiger partial charge in [-0.05, 0) is 43.9 Å². The molecule has 3 aliphatic heterocycles. The zero-order chi connectivity index (χ0) is 20.5. The van der Waals surface area contributed by atoms with Gasteiger partial charge in [-0.1, -0.05) is 12.1 Å². The molecule has 7 heteroatoms. The van der Waals surface area contributed by atoms with E-state index in [0.717, 1.165) is 29.8 Å². The minimum Gasteiger partial charge on any atom is -0.377 e. The molecule has 4 rings (SSSR count). The van der Waals surface area contributed by atoms with Gasteiger partial charge in [-0.15, -0.1) is 0 Å². The van der Waals surface area contributed by atoms with Gasteiger partial charge in [-0.25, -0.2) is 8.78 Å². The van der Waals surface area contributed by atoms with Crippen LogP contribution in [0.2, 0.25) is 0 Å². The van der Waals surface area contributed by atoms with E-state index >= 15 is 0 Å². The lowest BCUT2D eigenvalue weighted by Gasteiger charge is -2.49. The molecular formula is C22H29F2N3O2. The number of ether oxygens (including phenoxy) is 1. The first-order chi connectivity index (χ1) is 13.9. The first kappa shape index (κ1) is 20.4. The van der Waals surface area contributed by atoms with Crippen LogP contribution in [0.25, 0.3) is 0 Å². The number of aromatic nitrogens is 1. The van der Waals surface area contributed by atoms with Crippen LogP contribution in [-0.2, 0) is 16.1 Å². The normalized spacial score (nSPS) is 27.9. The summed E-state index contributed by atoms with van der Waals surface area (Å²) in [6, 6.07) is 5.71. The molecule has 0 saturated carbocycles. The Morgan fingerprint density at radius 3 is 2.86 bits per heavy atom. The molecule has 1 aromatic heterocycles. The number of aryl methyl sites for hydroxylation is 1. The van der Waals surface area contributed by atoms with Crippen LogP contribution >= 0.6 is 0 Å². The quantitative estimate of drug-likeness (QED) is 0.722. The van der Waals surface area contributed by atoms with E-state index in [1.807, 2.05) is 25.1 Å². The van der Waals surface area contributed by atoms with E-state index in [9.17, 15) is 13.6 Å². The van der Waals surface area contributed by atoms with Crippen molar-refractivity contribution in [1.29, 1.82) is 0 Å². The van der Waals surface area contributed by atoms with Gasteiger partial charge < -0.3 is 9.64 Å². The van der Waals surface area contributed by atoms with Crippen molar-refractivity contribution >= 4 is 5.91 Å². The van der Waals surface area contributed by atoms with Gasteiger partial charge in [0.15, 0.2) is 0 Å². The third-order valence-corrected chi connectivity index (χ3v) is 6.11. The fraction of sp³-hybridized carbons (Fsp3) is 0.636. The second kappa shape index (κ2) is 8.11. The Kier molecular flexibility index (Phi) is 5.71. The van der Waals surface area contributed by atoms with Crippen molar-refractivity contribution in [2.75, 3.05) is 39.4 Å². The van der Waals surface area contributed by atoms with Gasteiger partial charge in [-0.2, -0.15) is 0 Å². The predicted octanol–water partition coefficient (Wildman–Crippen LogP) is 3.19. The predicted molar refractivity (Wildman–Crippen MR) is 106 cm³/mol. The highest BCUT2D eigenvalue weighted by molar-refractivity contribution is 5.84. The van der Waals surface area contributed by atoms with Crippen molar-refractivity contribution in [2.24, 2.45) is 5.41 Å². The molecule has 1 atom stereocenters. The molecule has 0 N–H and O–H groups in total. The Balaban J connectivity index is 1.52. The van der Waals surface area contributed by atoms with Crippen LogP contribution in [0.3, 0.4) is 0 Å². The molecule has 1 amide bonds. The number of piperidine rings is 2. The number of carbonyl (C=O) groups is 1. The SMILES string of the molecule is Cc1cccc(CN2CCCC3(CN(CC4=CCCOC4)CC(F)(F)C3)C2=O)n1. The average Bonchev–Trinajstić information content (AvgIpc) is 2.65. The number of halogens is 2. The van der Waals surface area contributed by atoms with E-state index in [0.29, 0.717) is 45.8 Å². The summed E-state index contributed by atoms with van der Waals surface area (Å²) in [6.45, 7) is 4.61. The lowest BCUT2D eigenvalue weighted by Crippen LogP contribution is -2.61. The summed E-state index contributed by atoms with van der Waals surface area (Å²) in [5, 5.41) is 0. The number of rotatable bonds is 4. The monoisotopic (exact) mass is 405 g/mol. The summed E-state index contributed by atoms with van der Waals surface area (Å²) in [7, 11) is 0. The first-order valence-corrected chi connectivity index (χ1v) is 10.4.